The molecule has 0 radical (unpaired) electrons. The van der Waals surface area contributed by atoms with Gasteiger partial charge in [-0.3, -0.25) is 10.2 Å². The number of hydrogen-bond donors (Lipinski definition) is 3. The second-order valence-electron chi connectivity index (χ2n) is 10.0. The van der Waals surface area contributed by atoms with Crippen molar-refractivity contribution >= 4 is 29.6 Å². The van der Waals surface area contributed by atoms with Crippen LogP contribution in [0.25, 0.3) is 6.08 Å². The summed E-state index contributed by atoms with van der Waals surface area (Å²) in [6.07, 6.45) is 4.89. The van der Waals surface area contributed by atoms with Gasteiger partial charge >= 0.3 is 0 Å². The van der Waals surface area contributed by atoms with Gasteiger partial charge in [0.2, 0.25) is 5.90 Å². The van der Waals surface area contributed by atoms with Crippen molar-refractivity contribution in [2.75, 3.05) is 19.8 Å². The van der Waals surface area contributed by atoms with Crippen molar-refractivity contribution in [1.82, 2.24) is 10.9 Å². The van der Waals surface area contributed by atoms with Gasteiger partial charge in [-0.2, -0.15) is 0 Å². The number of hydrazine groups is 1. The van der Waals surface area contributed by atoms with Crippen LogP contribution in [0.15, 0.2) is 130 Å². The Hall–Kier alpha value is -4.37. The minimum atomic E-state index is -1.14. The van der Waals surface area contributed by atoms with Crippen LogP contribution < -0.4 is 15.6 Å². The summed E-state index contributed by atoms with van der Waals surface area (Å²) >= 11 is 1.69. The second kappa shape index (κ2) is 15.2. The Morgan fingerprint density at radius 3 is 2.44 bits per heavy atom. The molecule has 0 saturated carbocycles. The molecule has 1 aliphatic heterocycles. The third-order valence-corrected chi connectivity index (χ3v) is 7.97. The zero-order valence-corrected chi connectivity index (χ0v) is 24.6. The summed E-state index contributed by atoms with van der Waals surface area (Å²) in [6.45, 7) is 1.09. The Bertz CT molecular complexity index is 1530. The summed E-state index contributed by atoms with van der Waals surface area (Å²) in [4.78, 5) is 20.8. The lowest BCUT2D eigenvalue weighted by Crippen LogP contribution is -2.51. The summed E-state index contributed by atoms with van der Waals surface area (Å²) < 4.78 is 11.7. The van der Waals surface area contributed by atoms with Gasteiger partial charge in [0.15, 0.2) is 5.54 Å². The summed E-state index contributed by atoms with van der Waals surface area (Å²) in [5.41, 5.74) is 7.77. The second-order valence-corrected chi connectivity index (χ2v) is 11.2. The Labute approximate surface area is 256 Å². The van der Waals surface area contributed by atoms with Gasteiger partial charge in [0, 0.05) is 41.3 Å². The average molecular weight is 594 g/mol. The van der Waals surface area contributed by atoms with E-state index in [2.05, 4.69) is 35.1 Å². The number of benzene rings is 4. The first-order chi connectivity index (χ1) is 21.1. The molecule has 1 amide bonds. The van der Waals surface area contributed by atoms with Gasteiger partial charge in [-0.05, 0) is 53.6 Å². The molecule has 4 aromatic rings. The number of aliphatic hydroxyl groups is 1. The topological polar surface area (TPSA) is 92.2 Å². The Morgan fingerprint density at radius 2 is 1.67 bits per heavy atom. The zero-order valence-electron chi connectivity index (χ0n) is 23.8. The Balaban J connectivity index is 1.29. The number of carbonyl (C=O) groups is 1. The molecule has 0 bridgehead atoms. The average Bonchev–Trinajstić information content (AvgIpc) is 3.49. The third-order valence-electron chi connectivity index (χ3n) is 6.85. The number of carbonyl (C=O) groups excluding carboxylic acids is 1. The third kappa shape index (κ3) is 8.35. The van der Waals surface area contributed by atoms with Crippen molar-refractivity contribution in [3.05, 3.63) is 132 Å². The number of ether oxygens (including phenoxy) is 2. The molecule has 1 heterocycles. The monoisotopic (exact) mass is 593 g/mol. The van der Waals surface area contributed by atoms with Crippen molar-refractivity contribution in [2.45, 2.75) is 34.7 Å². The molecule has 0 unspecified atom stereocenters. The van der Waals surface area contributed by atoms with Crippen LogP contribution in [0, 0.1) is 0 Å². The minimum absolute atomic E-state index is 0.0830. The highest BCUT2D eigenvalue weighted by Gasteiger charge is 2.43. The van der Waals surface area contributed by atoms with Crippen molar-refractivity contribution in [2.24, 2.45) is 4.99 Å². The first kappa shape index (κ1) is 30.1. The molecule has 4 aromatic carbocycles. The molecule has 7 nitrogen and oxygen atoms in total. The van der Waals surface area contributed by atoms with Crippen LogP contribution in [-0.2, 0) is 16.1 Å². The lowest BCUT2D eigenvalue weighted by atomic mass is 9.95. The van der Waals surface area contributed by atoms with Gasteiger partial charge in [-0.25, -0.2) is 10.4 Å². The Kier molecular flexibility index (Phi) is 10.6. The number of hydrogen-bond acceptors (Lipinski definition) is 7. The molecular formula is C35H35N3O4S. The van der Waals surface area contributed by atoms with Gasteiger partial charge in [-0.1, -0.05) is 90.6 Å². The van der Waals surface area contributed by atoms with Gasteiger partial charge < -0.3 is 14.6 Å². The number of aliphatic hydroxyl groups excluding tert-OH is 1. The van der Waals surface area contributed by atoms with E-state index in [1.807, 2.05) is 97.1 Å². The van der Waals surface area contributed by atoms with Crippen LogP contribution >= 0.6 is 11.8 Å². The van der Waals surface area contributed by atoms with Crippen molar-refractivity contribution < 1.29 is 19.4 Å². The molecule has 3 N–H and O–H groups in total. The lowest BCUT2D eigenvalue weighted by Gasteiger charge is -2.22. The summed E-state index contributed by atoms with van der Waals surface area (Å²) in [5, 5.41) is 8.98. The predicted octanol–water partition coefficient (Wildman–Crippen LogP) is 6.04. The highest BCUT2D eigenvalue weighted by atomic mass is 32.2. The molecule has 0 aromatic heterocycles. The first-order valence-corrected chi connectivity index (χ1v) is 15.1. The highest BCUT2D eigenvalue weighted by Crippen LogP contribution is 2.31. The van der Waals surface area contributed by atoms with Crippen LogP contribution in [0.5, 0.6) is 5.75 Å². The van der Waals surface area contributed by atoms with Crippen LogP contribution in [-0.4, -0.2) is 42.3 Å². The fourth-order valence-electron chi connectivity index (χ4n) is 4.51. The summed E-state index contributed by atoms with van der Waals surface area (Å²) in [6, 6.07) is 35.7. The predicted molar refractivity (Wildman–Crippen MR) is 171 cm³/mol. The largest absolute Gasteiger partial charge is 0.494 e. The van der Waals surface area contributed by atoms with E-state index in [1.54, 1.807) is 11.8 Å². The van der Waals surface area contributed by atoms with Gasteiger partial charge in [0.1, 0.15) is 12.4 Å². The van der Waals surface area contributed by atoms with Crippen LogP contribution in [0.4, 0.5) is 0 Å². The smallest absolute Gasteiger partial charge is 0.266 e. The molecule has 43 heavy (non-hydrogen) atoms. The summed E-state index contributed by atoms with van der Waals surface area (Å²) in [7, 11) is 0. The molecule has 0 fully saturated rings. The van der Waals surface area contributed by atoms with E-state index < -0.39 is 5.54 Å². The fourth-order valence-corrected chi connectivity index (χ4v) is 5.48. The molecule has 1 aliphatic rings. The highest BCUT2D eigenvalue weighted by molar-refractivity contribution is 7.99. The molecular weight excluding hydrogens is 558 g/mol. The molecule has 0 spiro atoms. The maximum atomic E-state index is 13.7. The van der Waals surface area contributed by atoms with Crippen LogP contribution in [0.1, 0.15) is 29.5 Å². The van der Waals surface area contributed by atoms with Gasteiger partial charge in [-0.15, -0.1) is 0 Å². The first-order valence-electron chi connectivity index (χ1n) is 14.3. The van der Waals surface area contributed by atoms with Crippen molar-refractivity contribution in [1.29, 1.82) is 0 Å². The maximum Gasteiger partial charge on any atom is 0.266 e. The standard InChI is InChI=1S/C35H35N3O4S/c39-23-10-24-41-30-20-18-28(19-21-30)33-37-35(26-42-33,22-9-13-27-11-3-1-4-12-27)34(40)38-36-25-29-14-7-8-17-32(29)43-31-15-5-2-6-16-31/h1-9,11-21,36,39H,10,22-26H2,(H,38,40)/b13-9+/t35-/m0/s1. The van der Waals surface area contributed by atoms with Crippen molar-refractivity contribution in [3.8, 4) is 5.75 Å². The number of nitrogens with one attached hydrogen (secondary N) is 2. The van der Waals surface area contributed by atoms with Gasteiger partial charge in [0.05, 0.1) is 6.61 Å². The fraction of sp³-hybridized carbons (Fsp3) is 0.200. The van der Waals surface area contributed by atoms with Crippen molar-refractivity contribution in [3.63, 3.8) is 0 Å². The number of nitrogens with zero attached hydrogens (tertiary/aromatic N) is 1. The molecule has 5 rings (SSSR count). The van der Waals surface area contributed by atoms with E-state index in [4.69, 9.17) is 19.6 Å². The van der Waals surface area contributed by atoms with E-state index >= 15 is 0 Å². The summed E-state index contributed by atoms with van der Waals surface area (Å²) in [5.74, 6) is 0.840. The zero-order chi connectivity index (χ0) is 29.7. The number of aliphatic imine (C=N–C) groups is 1. The molecule has 8 heteroatoms. The molecule has 0 saturated heterocycles. The van der Waals surface area contributed by atoms with E-state index in [1.165, 1.54) is 0 Å². The van der Waals surface area contributed by atoms with E-state index in [0.29, 0.717) is 37.6 Å². The van der Waals surface area contributed by atoms with E-state index in [-0.39, 0.29) is 19.1 Å². The number of rotatable bonds is 14. The minimum Gasteiger partial charge on any atom is -0.494 e. The normalized spacial score (nSPS) is 16.1. The van der Waals surface area contributed by atoms with E-state index in [9.17, 15) is 4.79 Å². The molecule has 220 valence electrons. The SMILES string of the molecule is O=C(NNCc1ccccc1Sc1ccccc1)[C@]1(C/C=C/c2ccccc2)COC(c2ccc(OCCCO)cc2)=N1. The Morgan fingerprint density at radius 1 is 0.953 bits per heavy atom. The lowest BCUT2D eigenvalue weighted by molar-refractivity contribution is -0.127. The van der Waals surface area contributed by atoms with E-state index in [0.717, 1.165) is 26.5 Å². The maximum absolute atomic E-state index is 13.7. The van der Waals surface area contributed by atoms with Gasteiger partial charge in [0.25, 0.3) is 5.91 Å². The molecule has 1 atom stereocenters. The number of amides is 1. The molecule has 0 aliphatic carbocycles. The van der Waals surface area contributed by atoms with Crippen LogP contribution in [0.3, 0.4) is 0 Å². The van der Waals surface area contributed by atoms with Crippen LogP contribution in [0.2, 0.25) is 0 Å². The quantitative estimate of drug-likeness (QED) is 0.122.